The van der Waals surface area contributed by atoms with Crippen molar-refractivity contribution < 1.29 is 80.2 Å². The van der Waals surface area contributed by atoms with Crippen LogP contribution in [0.1, 0.15) is 466 Å². The van der Waals surface area contributed by atoms with Gasteiger partial charge in [0, 0.05) is 25.7 Å². The van der Waals surface area contributed by atoms with Crippen LogP contribution < -0.4 is 0 Å². The molecule has 0 amide bonds. The summed E-state index contributed by atoms with van der Waals surface area (Å²) in [5, 5.41) is 10.7. The second-order valence-electron chi connectivity index (χ2n) is 33.7. The van der Waals surface area contributed by atoms with Gasteiger partial charge in [-0.15, -0.1) is 0 Å². The third-order valence-corrected chi connectivity index (χ3v) is 23.1. The Kier molecular flexibility index (Phi) is 76.2. The SMILES string of the molecule is CCC(C)CCCCCCCCCCCCCCCCC(=O)OC[C@H](COP(=O)(O)OC[C@@H](O)COP(=O)(O)OC[C@@H](COC(=O)CCCCCCCCCCCC(C)C)OC(=O)CCCCCCCCCCCCCCCCC(C)C)OC(=O)CCCCCCCCCCCCCCCCCCCCC(C)C. The number of aliphatic hydroxyl groups is 1. The maximum Gasteiger partial charge on any atom is 0.472 e. The molecule has 17 nitrogen and oxygen atoms in total. The fourth-order valence-electron chi connectivity index (χ4n) is 13.8. The third-order valence-electron chi connectivity index (χ3n) is 21.2. The lowest BCUT2D eigenvalue weighted by molar-refractivity contribution is -0.161. The molecule has 3 N–H and O–H groups in total. The summed E-state index contributed by atoms with van der Waals surface area (Å²) in [6, 6.07) is 0. The molecular formula is C89H174O17P2. The molecule has 0 bridgehead atoms. The van der Waals surface area contributed by atoms with Gasteiger partial charge in [-0.1, -0.05) is 415 Å². The van der Waals surface area contributed by atoms with E-state index < -0.39 is 97.5 Å². The first-order valence-corrected chi connectivity index (χ1v) is 48.7. The number of rotatable bonds is 86. The lowest BCUT2D eigenvalue weighted by Crippen LogP contribution is -2.30. The van der Waals surface area contributed by atoms with Crippen LogP contribution in [0.5, 0.6) is 0 Å². The number of aliphatic hydroxyl groups excluding tert-OH is 1. The van der Waals surface area contributed by atoms with Crippen LogP contribution in [0.15, 0.2) is 0 Å². The van der Waals surface area contributed by atoms with Crippen LogP contribution in [0, 0.1) is 23.7 Å². The number of esters is 4. The number of unbranched alkanes of at least 4 members (excludes halogenated alkanes) is 51. The number of ether oxygens (including phenoxy) is 4. The van der Waals surface area contributed by atoms with Gasteiger partial charge in [0.1, 0.15) is 19.3 Å². The minimum atomic E-state index is -4.97. The zero-order valence-corrected chi connectivity index (χ0v) is 73.3. The molecule has 0 saturated carbocycles. The van der Waals surface area contributed by atoms with Crippen molar-refractivity contribution in [3.63, 3.8) is 0 Å². The van der Waals surface area contributed by atoms with Gasteiger partial charge < -0.3 is 33.8 Å². The molecule has 3 unspecified atom stereocenters. The van der Waals surface area contributed by atoms with Crippen LogP contribution in [0.4, 0.5) is 0 Å². The molecule has 0 saturated heterocycles. The number of hydrogen-bond donors (Lipinski definition) is 3. The van der Waals surface area contributed by atoms with Gasteiger partial charge in [-0.25, -0.2) is 9.13 Å². The molecule has 0 rings (SSSR count). The largest absolute Gasteiger partial charge is 0.472 e. The maximum atomic E-state index is 13.2. The van der Waals surface area contributed by atoms with E-state index in [9.17, 15) is 43.2 Å². The zero-order valence-electron chi connectivity index (χ0n) is 71.5. The molecule has 0 aromatic heterocycles. The first kappa shape index (κ1) is 106. The fraction of sp³-hybridized carbons (Fsp3) is 0.955. The van der Waals surface area contributed by atoms with Crippen LogP contribution in [-0.4, -0.2) is 96.7 Å². The van der Waals surface area contributed by atoms with Crippen molar-refractivity contribution in [1.82, 2.24) is 0 Å². The minimum absolute atomic E-state index is 0.107. The minimum Gasteiger partial charge on any atom is -0.462 e. The molecule has 6 atom stereocenters. The number of hydrogen-bond acceptors (Lipinski definition) is 15. The molecule has 19 heteroatoms. The number of carbonyl (C=O) groups excluding carboxylic acids is 4. The van der Waals surface area contributed by atoms with Crippen molar-refractivity contribution in [2.24, 2.45) is 23.7 Å². The van der Waals surface area contributed by atoms with Crippen molar-refractivity contribution >= 4 is 39.5 Å². The molecule has 642 valence electrons. The smallest absolute Gasteiger partial charge is 0.462 e. The van der Waals surface area contributed by atoms with Crippen molar-refractivity contribution in [3.8, 4) is 0 Å². The topological polar surface area (TPSA) is 237 Å². The molecule has 0 spiro atoms. The van der Waals surface area contributed by atoms with E-state index in [0.717, 1.165) is 114 Å². The second kappa shape index (κ2) is 77.6. The Balaban J connectivity index is 5.26. The summed E-state index contributed by atoms with van der Waals surface area (Å²) >= 11 is 0. The van der Waals surface area contributed by atoms with Crippen molar-refractivity contribution in [1.29, 1.82) is 0 Å². The normalized spacial score (nSPS) is 14.1. The van der Waals surface area contributed by atoms with Gasteiger partial charge in [-0.2, -0.15) is 0 Å². The Labute approximate surface area is 664 Å². The highest BCUT2D eigenvalue weighted by molar-refractivity contribution is 7.47. The quantitative estimate of drug-likeness (QED) is 0.0222. The predicted molar refractivity (Wildman–Crippen MR) is 446 cm³/mol. The molecule has 0 aliphatic rings. The Morgan fingerprint density at radius 1 is 0.259 bits per heavy atom. The van der Waals surface area contributed by atoms with Gasteiger partial charge in [0.05, 0.1) is 26.4 Å². The monoisotopic (exact) mass is 1580 g/mol. The van der Waals surface area contributed by atoms with Gasteiger partial charge in [-0.3, -0.25) is 37.3 Å². The van der Waals surface area contributed by atoms with E-state index in [0.29, 0.717) is 25.7 Å². The van der Waals surface area contributed by atoms with Gasteiger partial charge in [-0.05, 0) is 49.4 Å². The highest BCUT2D eigenvalue weighted by Crippen LogP contribution is 2.45. The summed E-state index contributed by atoms with van der Waals surface area (Å²) in [6.07, 6.45) is 68.0. The Morgan fingerprint density at radius 2 is 0.444 bits per heavy atom. The molecule has 0 heterocycles. The van der Waals surface area contributed by atoms with E-state index in [4.69, 9.17) is 37.0 Å². The summed E-state index contributed by atoms with van der Waals surface area (Å²) < 4.78 is 69.0. The molecule has 0 aliphatic carbocycles. The van der Waals surface area contributed by atoms with Crippen LogP contribution >= 0.6 is 15.6 Å². The maximum absolute atomic E-state index is 13.2. The standard InChI is InChI=1S/C89H174O17P2/c1-9-82(8)68-60-52-44-36-28-22-17-19-23-29-37-45-53-61-69-86(91)99-75-84(105-88(93)71-63-55-47-38-30-24-15-13-11-10-12-14-20-26-33-41-49-57-65-79(2)3)77-103-107(95,96)101-73-83(90)74-102-108(97,98)104-78-85(76-100-87(92)70-62-54-46-40-32-35-43-51-59-67-81(6)7)106-89(94)72-64-56-48-39-31-25-18-16-21-27-34-42-50-58-66-80(4)5/h79-85,90H,9-78H2,1-8H3,(H,95,96)(H,97,98)/t82?,83-,84-,85-/m1/s1. The summed E-state index contributed by atoms with van der Waals surface area (Å²) in [5.74, 6) is 1.11. The van der Waals surface area contributed by atoms with E-state index in [1.807, 2.05) is 0 Å². The number of phosphoric acid groups is 2. The zero-order chi connectivity index (χ0) is 79.5. The van der Waals surface area contributed by atoms with Crippen LogP contribution in [-0.2, 0) is 65.4 Å². The lowest BCUT2D eigenvalue weighted by atomic mass is 9.99. The average molecular weight is 1580 g/mol. The molecule has 0 aromatic rings. The van der Waals surface area contributed by atoms with E-state index >= 15 is 0 Å². The van der Waals surface area contributed by atoms with Gasteiger partial charge in [0.15, 0.2) is 12.2 Å². The van der Waals surface area contributed by atoms with E-state index in [2.05, 4.69) is 55.4 Å². The van der Waals surface area contributed by atoms with Crippen molar-refractivity contribution in [2.75, 3.05) is 39.6 Å². The fourth-order valence-corrected chi connectivity index (χ4v) is 15.4. The van der Waals surface area contributed by atoms with Gasteiger partial charge >= 0.3 is 39.5 Å². The second-order valence-corrected chi connectivity index (χ2v) is 36.6. The first-order valence-electron chi connectivity index (χ1n) is 45.7. The lowest BCUT2D eigenvalue weighted by Gasteiger charge is -2.21. The Bertz CT molecular complexity index is 2100. The van der Waals surface area contributed by atoms with Crippen LogP contribution in [0.2, 0.25) is 0 Å². The van der Waals surface area contributed by atoms with Gasteiger partial charge in [0.25, 0.3) is 0 Å². The average Bonchev–Trinajstić information content (AvgIpc) is 0.900. The number of carbonyl (C=O) groups is 4. The third kappa shape index (κ3) is 80.7. The Morgan fingerprint density at radius 3 is 0.657 bits per heavy atom. The predicted octanol–water partition coefficient (Wildman–Crippen LogP) is 27.1. The molecule has 108 heavy (non-hydrogen) atoms. The summed E-state index contributed by atoms with van der Waals surface area (Å²) in [6.45, 7) is 14.4. The summed E-state index contributed by atoms with van der Waals surface area (Å²) in [4.78, 5) is 73.4. The summed E-state index contributed by atoms with van der Waals surface area (Å²) in [7, 11) is -9.94. The van der Waals surface area contributed by atoms with E-state index in [-0.39, 0.29) is 25.7 Å². The van der Waals surface area contributed by atoms with Crippen molar-refractivity contribution in [2.45, 2.75) is 485 Å². The van der Waals surface area contributed by atoms with E-state index in [1.165, 1.54) is 270 Å². The highest BCUT2D eigenvalue weighted by atomic mass is 31.2. The Hall–Kier alpha value is -1.94. The van der Waals surface area contributed by atoms with Gasteiger partial charge in [0.2, 0.25) is 0 Å². The molecule has 0 fully saturated rings. The summed E-state index contributed by atoms with van der Waals surface area (Å²) in [5.41, 5.74) is 0. The first-order chi connectivity index (χ1) is 52.1. The van der Waals surface area contributed by atoms with Crippen molar-refractivity contribution in [3.05, 3.63) is 0 Å². The molecule has 0 radical (unpaired) electrons. The molecule has 0 aliphatic heterocycles. The van der Waals surface area contributed by atoms with E-state index in [1.54, 1.807) is 0 Å². The highest BCUT2D eigenvalue weighted by Gasteiger charge is 2.31. The van der Waals surface area contributed by atoms with Crippen LogP contribution in [0.3, 0.4) is 0 Å². The molecule has 0 aromatic carbocycles. The van der Waals surface area contributed by atoms with Crippen LogP contribution in [0.25, 0.3) is 0 Å². The molecular weight excluding hydrogens is 1400 g/mol. The number of phosphoric ester groups is 2.